The van der Waals surface area contributed by atoms with Crippen molar-refractivity contribution in [2.24, 2.45) is 0 Å². The van der Waals surface area contributed by atoms with E-state index in [-0.39, 0.29) is 24.9 Å². The summed E-state index contributed by atoms with van der Waals surface area (Å²) in [5.41, 5.74) is 7.02. The number of likely N-dealkylation sites (N-methyl/N-ethyl adjacent to an activating group) is 1. The monoisotopic (exact) mass is 364 g/mol. The molecule has 2 aromatic rings. The highest BCUT2D eigenvalue weighted by Gasteiger charge is 2.56. The van der Waals surface area contributed by atoms with Crippen molar-refractivity contribution in [3.63, 3.8) is 0 Å². The molecule has 0 bridgehead atoms. The van der Waals surface area contributed by atoms with Gasteiger partial charge in [-0.05, 0) is 20.9 Å². The number of fused-ring (bicyclic) bond motifs is 2. The molecule has 0 aliphatic carbocycles. The molecule has 4 rings (SSSR count). The number of nitrogens with zero attached hydrogens (tertiary/aromatic N) is 5. The second-order valence-corrected chi connectivity index (χ2v) is 7.20. The molecule has 142 valence electrons. The first-order valence-corrected chi connectivity index (χ1v) is 8.63. The van der Waals surface area contributed by atoms with E-state index in [1.54, 1.807) is 6.33 Å². The van der Waals surface area contributed by atoms with E-state index in [1.807, 2.05) is 30.4 Å². The molecule has 0 amide bonds. The molecule has 0 aromatic carbocycles. The van der Waals surface area contributed by atoms with E-state index < -0.39 is 12.0 Å². The van der Waals surface area contributed by atoms with Gasteiger partial charge < -0.3 is 30.0 Å². The second-order valence-electron chi connectivity index (χ2n) is 7.20. The molecule has 10 heteroatoms. The van der Waals surface area contributed by atoms with Crippen molar-refractivity contribution in [1.29, 1.82) is 0 Å². The zero-order valence-electron chi connectivity index (χ0n) is 15.1. The van der Waals surface area contributed by atoms with Gasteiger partial charge in [-0.1, -0.05) is 0 Å². The van der Waals surface area contributed by atoms with E-state index in [1.165, 1.54) is 6.33 Å². The van der Waals surface area contributed by atoms with Crippen molar-refractivity contribution in [2.75, 3.05) is 32.5 Å². The molecule has 0 unspecified atom stereocenters. The number of nitrogens with two attached hydrogens (primary N) is 1. The highest BCUT2D eigenvalue weighted by Crippen LogP contribution is 2.43. The summed E-state index contributed by atoms with van der Waals surface area (Å²) in [7, 11) is 1.93. The molecular weight excluding hydrogens is 340 g/mol. The smallest absolute Gasteiger partial charge is 0.167 e. The Bertz CT molecular complexity index is 796. The van der Waals surface area contributed by atoms with Crippen molar-refractivity contribution in [3.8, 4) is 0 Å². The minimum Gasteiger partial charge on any atom is -0.395 e. The lowest BCUT2D eigenvalue weighted by Gasteiger charge is -2.26. The predicted molar refractivity (Wildman–Crippen MR) is 92.1 cm³/mol. The Hall–Kier alpha value is -1.85. The molecule has 2 saturated heterocycles. The number of aliphatic hydroxyl groups is 1. The van der Waals surface area contributed by atoms with Gasteiger partial charge >= 0.3 is 0 Å². The van der Waals surface area contributed by atoms with Gasteiger partial charge in [0.05, 0.1) is 12.9 Å². The van der Waals surface area contributed by atoms with Crippen molar-refractivity contribution in [1.82, 2.24) is 24.4 Å². The standard InChI is InChI=1S/C16H24N6O4/c1-16(2)25-11-9(6-21(3)4-5-23)24-15(12(11)26-16)22-8-20-10-13(17)18-7-19-14(10)22/h7-9,11-12,15,23H,4-6H2,1-3H3,(H2,17,18,19)/t9-,11-,12-,15-/m1/s1. The van der Waals surface area contributed by atoms with Crippen molar-refractivity contribution in [3.05, 3.63) is 12.7 Å². The van der Waals surface area contributed by atoms with Crippen LogP contribution < -0.4 is 5.73 Å². The molecule has 2 aliphatic heterocycles. The number of aromatic nitrogens is 4. The van der Waals surface area contributed by atoms with Crippen molar-refractivity contribution < 1.29 is 19.3 Å². The highest BCUT2D eigenvalue weighted by molar-refractivity contribution is 5.81. The van der Waals surface area contributed by atoms with Gasteiger partial charge in [0.1, 0.15) is 30.2 Å². The predicted octanol–water partition coefficient (Wildman–Crippen LogP) is -0.250. The normalized spacial score (nSPS) is 30.3. The Morgan fingerprint density at radius 2 is 2.04 bits per heavy atom. The lowest BCUT2D eigenvalue weighted by atomic mass is 10.1. The molecule has 2 aromatic heterocycles. The SMILES string of the molecule is CN(CCO)C[C@H]1O[C@@H](n2cnc3c(N)ncnc32)[C@@H]2OC(C)(C)O[C@@H]21. The first-order chi connectivity index (χ1) is 12.4. The summed E-state index contributed by atoms with van der Waals surface area (Å²) in [4.78, 5) is 14.6. The number of imidazole rings is 1. The lowest BCUT2D eigenvalue weighted by molar-refractivity contribution is -0.197. The van der Waals surface area contributed by atoms with Gasteiger partial charge in [0.15, 0.2) is 23.5 Å². The topological polar surface area (TPSA) is 121 Å². The first kappa shape index (κ1) is 17.6. The molecule has 2 fully saturated rings. The fraction of sp³-hybridized carbons (Fsp3) is 0.688. The molecule has 3 N–H and O–H groups in total. The largest absolute Gasteiger partial charge is 0.395 e. The number of ether oxygens (including phenoxy) is 3. The van der Waals surface area contributed by atoms with Crippen molar-refractivity contribution >= 4 is 17.0 Å². The summed E-state index contributed by atoms with van der Waals surface area (Å²) in [6.45, 7) is 5.05. The maximum absolute atomic E-state index is 9.15. The summed E-state index contributed by atoms with van der Waals surface area (Å²) >= 11 is 0. The molecular formula is C16H24N6O4. The van der Waals surface area contributed by atoms with E-state index >= 15 is 0 Å². The summed E-state index contributed by atoms with van der Waals surface area (Å²) < 4.78 is 20.3. The van der Waals surface area contributed by atoms with Gasteiger partial charge in [-0.25, -0.2) is 15.0 Å². The quantitative estimate of drug-likeness (QED) is 0.739. The van der Waals surface area contributed by atoms with E-state index in [0.29, 0.717) is 30.1 Å². The van der Waals surface area contributed by atoms with Crippen LogP contribution in [0.2, 0.25) is 0 Å². The summed E-state index contributed by atoms with van der Waals surface area (Å²) in [5.74, 6) is -0.373. The third kappa shape index (κ3) is 2.93. The summed E-state index contributed by atoms with van der Waals surface area (Å²) in [6, 6.07) is 0. The fourth-order valence-corrected chi connectivity index (χ4v) is 3.66. The summed E-state index contributed by atoms with van der Waals surface area (Å²) in [6.07, 6.45) is 1.88. The average Bonchev–Trinajstić information content (AvgIpc) is 3.21. The molecule has 10 nitrogen and oxygen atoms in total. The minimum absolute atomic E-state index is 0.0892. The number of nitrogen functional groups attached to an aromatic ring is 1. The maximum Gasteiger partial charge on any atom is 0.167 e. The van der Waals surface area contributed by atoms with Crippen LogP contribution >= 0.6 is 0 Å². The van der Waals surface area contributed by atoms with Crippen LogP contribution in [-0.4, -0.2) is 80.4 Å². The molecule has 4 heterocycles. The Labute approximate surface area is 150 Å². The zero-order chi connectivity index (χ0) is 18.5. The number of hydrogen-bond acceptors (Lipinski definition) is 9. The maximum atomic E-state index is 9.15. The van der Waals surface area contributed by atoms with Crippen LogP contribution in [0.3, 0.4) is 0 Å². The lowest BCUT2D eigenvalue weighted by Crippen LogP contribution is -2.39. The van der Waals surface area contributed by atoms with Gasteiger partial charge in [0.25, 0.3) is 0 Å². The number of aliphatic hydroxyl groups excluding tert-OH is 1. The zero-order valence-corrected chi connectivity index (χ0v) is 15.1. The van der Waals surface area contributed by atoms with Crippen LogP contribution in [0.25, 0.3) is 11.2 Å². The van der Waals surface area contributed by atoms with E-state index in [9.17, 15) is 0 Å². The number of rotatable bonds is 5. The van der Waals surface area contributed by atoms with Gasteiger partial charge in [-0.15, -0.1) is 0 Å². The molecule has 0 saturated carbocycles. The Kier molecular flexibility index (Phi) is 4.32. The highest BCUT2D eigenvalue weighted by atomic mass is 16.8. The number of anilines is 1. The second kappa shape index (κ2) is 6.39. The van der Waals surface area contributed by atoms with Crippen molar-refractivity contribution in [2.45, 2.75) is 44.2 Å². The van der Waals surface area contributed by atoms with Crippen LogP contribution in [0, 0.1) is 0 Å². The minimum atomic E-state index is -0.699. The Balaban J connectivity index is 1.66. The Morgan fingerprint density at radius 3 is 2.81 bits per heavy atom. The summed E-state index contributed by atoms with van der Waals surface area (Å²) in [5, 5.41) is 9.15. The van der Waals surface area contributed by atoms with Crippen LogP contribution in [0.1, 0.15) is 20.1 Å². The fourth-order valence-electron chi connectivity index (χ4n) is 3.66. The van der Waals surface area contributed by atoms with Gasteiger partial charge in [-0.3, -0.25) is 4.57 Å². The van der Waals surface area contributed by atoms with E-state index in [2.05, 4.69) is 15.0 Å². The van der Waals surface area contributed by atoms with Crippen LogP contribution in [-0.2, 0) is 14.2 Å². The number of hydrogen-bond donors (Lipinski definition) is 2. The molecule has 26 heavy (non-hydrogen) atoms. The molecule has 0 radical (unpaired) electrons. The van der Waals surface area contributed by atoms with Crippen LogP contribution in [0.15, 0.2) is 12.7 Å². The van der Waals surface area contributed by atoms with E-state index in [4.69, 9.17) is 25.1 Å². The first-order valence-electron chi connectivity index (χ1n) is 8.63. The third-order valence-electron chi connectivity index (χ3n) is 4.76. The molecule has 0 spiro atoms. The average molecular weight is 364 g/mol. The molecule has 4 atom stereocenters. The van der Waals surface area contributed by atoms with Crippen LogP contribution in [0.5, 0.6) is 0 Å². The van der Waals surface area contributed by atoms with Gasteiger partial charge in [0.2, 0.25) is 0 Å². The van der Waals surface area contributed by atoms with Gasteiger partial charge in [0, 0.05) is 13.1 Å². The third-order valence-corrected chi connectivity index (χ3v) is 4.76. The Morgan fingerprint density at radius 1 is 1.27 bits per heavy atom. The molecule has 2 aliphatic rings. The van der Waals surface area contributed by atoms with Gasteiger partial charge in [-0.2, -0.15) is 0 Å². The van der Waals surface area contributed by atoms with Crippen LogP contribution in [0.4, 0.5) is 5.82 Å². The van der Waals surface area contributed by atoms with E-state index in [0.717, 1.165) is 0 Å².